The summed E-state index contributed by atoms with van der Waals surface area (Å²) in [6, 6.07) is 6.06. The van der Waals surface area contributed by atoms with Crippen molar-refractivity contribution in [3.63, 3.8) is 0 Å². The summed E-state index contributed by atoms with van der Waals surface area (Å²) in [5.74, 6) is -2.30. The molecule has 2 rings (SSSR count). The third-order valence-corrected chi connectivity index (χ3v) is 1.79. The van der Waals surface area contributed by atoms with Crippen LogP contribution in [0.2, 0.25) is 0 Å². The Morgan fingerprint density at radius 3 is 2.62 bits per heavy atom. The second kappa shape index (κ2) is 3.51. The van der Waals surface area contributed by atoms with Crippen molar-refractivity contribution >= 4 is 17.0 Å². The fraction of sp³-hybridized carbons (Fsp3) is 0.111. The number of ether oxygens (including phenoxy) is 1. The Morgan fingerprint density at radius 1 is 1.31 bits per heavy atom. The fourth-order valence-corrected chi connectivity index (χ4v) is 1.12. The van der Waals surface area contributed by atoms with E-state index in [0.29, 0.717) is 11.0 Å². The molecule has 2 aromatic rings. The van der Waals surface area contributed by atoms with Crippen LogP contribution in [0.1, 0.15) is 0 Å². The Kier molecular flexibility index (Phi) is 2.30. The molecule has 0 radical (unpaired) electrons. The van der Waals surface area contributed by atoms with Gasteiger partial charge in [-0.2, -0.15) is 18.2 Å². The maximum atomic E-state index is 11.9. The van der Waals surface area contributed by atoms with Crippen LogP contribution in [0.25, 0.3) is 11.0 Å². The first-order valence-corrected chi connectivity index (χ1v) is 4.20. The molecular formula is C9H5F3N2O2. The maximum absolute atomic E-state index is 11.9. The molecule has 7 heteroatoms. The summed E-state index contributed by atoms with van der Waals surface area (Å²) in [4.78, 5) is 16.6. The molecule has 0 amide bonds. The van der Waals surface area contributed by atoms with Gasteiger partial charge >= 0.3 is 18.2 Å². The average Bonchev–Trinajstić information content (AvgIpc) is 2.58. The van der Waals surface area contributed by atoms with Crippen LogP contribution in [0.5, 0.6) is 6.01 Å². The van der Waals surface area contributed by atoms with Crippen molar-refractivity contribution in [2.24, 2.45) is 0 Å². The van der Waals surface area contributed by atoms with Gasteiger partial charge in [0.25, 0.3) is 0 Å². The van der Waals surface area contributed by atoms with Gasteiger partial charge < -0.3 is 9.72 Å². The van der Waals surface area contributed by atoms with Crippen LogP contribution < -0.4 is 4.74 Å². The van der Waals surface area contributed by atoms with Crippen LogP contribution in [-0.4, -0.2) is 22.1 Å². The number of hydrogen-bond donors (Lipinski definition) is 1. The number of benzene rings is 1. The van der Waals surface area contributed by atoms with Crippen LogP contribution in [0, 0.1) is 0 Å². The number of imidazole rings is 1. The highest BCUT2D eigenvalue weighted by atomic mass is 19.4. The molecule has 16 heavy (non-hydrogen) atoms. The summed E-state index contributed by atoms with van der Waals surface area (Å²) in [7, 11) is 0. The zero-order chi connectivity index (χ0) is 11.8. The van der Waals surface area contributed by atoms with Crippen LogP contribution in [0.15, 0.2) is 24.3 Å². The largest absolute Gasteiger partial charge is 0.491 e. The van der Waals surface area contributed by atoms with Crippen molar-refractivity contribution in [3.8, 4) is 6.01 Å². The van der Waals surface area contributed by atoms with Crippen molar-refractivity contribution in [1.29, 1.82) is 0 Å². The van der Waals surface area contributed by atoms with E-state index < -0.39 is 18.2 Å². The number of fused-ring (bicyclic) bond motifs is 1. The zero-order valence-corrected chi connectivity index (χ0v) is 7.71. The highest BCUT2D eigenvalue weighted by Crippen LogP contribution is 2.20. The van der Waals surface area contributed by atoms with E-state index in [1.165, 1.54) is 0 Å². The maximum Gasteiger partial charge on any atom is 0.491 e. The standard InChI is InChI=1S/C9H5F3N2O2/c10-9(11,12)7(15)16-8-13-5-3-1-2-4-6(5)14-8/h1-4H,(H,13,14). The molecule has 0 saturated carbocycles. The number of esters is 1. The number of aromatic amines is 1. The topological polar surface area (TPSA) is 55.0 Å². The molecule has 84 valence electrons. The number of para-hydroxylation sites is 2. The summed E-state index contributed by atoms with van der Waals surface area (Å²) < 4.78 is 39.7. The van der Waals surface area contributed by atoms with E-state index >= 15 is 0 Å². The predicted octanol–water partition coefficient (Wildman–Crippen LogP) is 2.03. The highest BCUT2D eigenvalue weighted by Gasteiger charge is 2.41. The van der Waals surface area contributed by atoms with Crippen molar-refractivity contribution in [2.75, 3.05) is 0 Å². The lowest BCUT2D eigenvalue weighted by Gasteiger charge is -2.02. The fourth-order valence-electron chi connectivity index (χ4n) is 1.12. The molecule has 0 saturated heterocycles. The molecule has 0 aliphatic rings. The van der Waals surface area contributed by atoms with Crippen LogP contribution in [0.4, 0.5) is 13.2 Å². The number of nitrogens with zero attached hydrogens (tertiary/aromatic N) is 1. The molecule has 0 atom stereocenters. The summed E-state index contributed by atoms with van der Waals surface area (Å²) in [5.41, 5.74) is 0.917. The van der Waals surface area contributed by atoms with Gasteiger partial charge in [0.2, 0.25) is 0 Å². The monoisotopic (exact) mass is 230 g/mol. The second-order valence-electron chi connectivity index (χ2n) is 2.95. The average molecular weight is 230 g/mol. The molecule has 0 unspecified atom stereocenters. The molecule has 0 aliphatic carbocycles. The Bertz CT molecular complexity index is 500. The molecular weight excluding hydrogens is 225 g/mol. The van der Waals surface area contributed by atoms with Crippen molar-refractivity contribution < 1.29 is 22.7 Å². The minimum Gasteiger partial charge on any atom is -0.385 e. The number of alkyl halides is 3. The van der Waals surface area contributed by atoms with E-state index in [4.69, 9.17) is 0 Å². The van der Waals surface area contributed by atoms with Gasteiger partial charge in [-0.25, -0.2) is 4.79 Å². The number of hydrogen-bond acceptors (Lipinski definition) is 3. The third-order valence-electron chi connectivity index (χ3n) is 1.79. The molecule has 1 aromatic heterocycles. The normalized spacial score (nSPS) is 11.7. The van der Waals surface area contributed by atoms with E-state index in [0.717, 1.165) is 0 Å². The van der Waals surface area contributed by atoms with Crippen molar-refractivity contribution in [3.05, 3.63) is 24.3 Å². The quantitative estimate of drug-likeness (QED) is 0.762. The summed E-state index contributed by atoms with van der Waals surface area (Å²) >= 11 is 0. The molecule has 0 aliphatic heterocycles. The first-order chi connectivity index (χ1) is 7.47. The summed E-state index contributed by atoms with van der Waals surface area (Å²) in [6.07, 6.45) is -5.03. The van der Waals surface area contributed by atoms with Crippen molar-refractivity contribution in [2.45, 2.75) is 6.18 Å². The number of H-pyrrole nitrogens is 1. The number of rotatable bonds is 1. The highest BCUT2D eigenvalue weighted by molar-refractivity contribution is 5.80. The van der Waals surface area contributed by atoms with E-state index in [1.54, 1.807) is 24.3 Å². The number of carbonyl (C=O) groups is 1. The van der Waals surface area contributed by atoms with Crippen molar-refractivity contribution in [1.82, 2.24) is 9.97 Å². The predicted molar refractivity (Wildman–Crippen MR) is 47.8 cm³/mol. The van der Waals surface area contributed by atoms with E-state index in [1.807, 2.05) is 0 Å². The van der Waals surface area contributed by atoms with Gasteiger partial charge in [-0.3, -0.25) is 0 Å². The lowest BCUT2D eigenvalue weighted by atomic mass is 10.3. The van der Waals surface area contributed by atoms with Gasteiger partial charge in [0.1, 0.15) is 0 Å². The van der Waals surface area contributed by atoms with E-state index in [-0.39, 0.29) is 0 Å². The zero-order valence-electron chi connectivity index (χ0n) is 7.71. The molecule has 1 N–H and O–H groups in total. The van der Waals surface area contributed by atoms with Gasteiger partial charge in [-0.15, -0.1) is 0 Å². The number of halogens is 3. The SMILES string of the molecule is O=C(Oc1nc2ccccc2[nH]1)C(F)(F)F. The Morgan fingerprint density at radius 2 is 2.00 bits per heavy atom. The van der Waals surface area contributed by atoms with Crippen LogP contribution >= 0.6 is 0 Å². The van der Waals surface area contributed by atoms with Gasteiger partial charge in [-0.05, 0) is 12.1 Å². The van der Waals surface area contributed by atoms with Gasteiger partial charge in [-0.1, -0.05) is 12.1 Å². The van der Waals surface area contributed by atoms with Crippen LogP contribution in [-0.2, 0) is 4.79 Å². The molecule has 0 fully saturated rings. The molecule has 1 heterocycles. The number of aromatic nitrogens is 2. The van der Waals surface area contributed by atoms with Crippen LogP contribution in [0.3, 0.4) is 0 Å². The second-order valence-corrected chi connectivity index (χ2v) is 2.95. The first-order valence-electron chi connectivity index (χ1n) is 4.20. The first kappa shape index (κ1) is 10.5. The third kappa shape index (κ3) is 1.97. The lowest BCUT2D eigenvalue weighted by Crippen LogP contribution is -2.28. The number of nitrogens with one attached hydrogen (secondary N) is 1. The molecule has 1 aromatic carbocycles. The molecule has 0 bridgehead atoms. The number of carbonyl (C=O) groups excluding carboxylic acids is 1. The van der Waals surface area contributed by atoms with E-state index in [2.05, 4.69) is 14.7 Å². The smallest absolute Gasteiger partial charge is 0.385 e. The molecule has 4 nitrogen and oxygen atoms in total. The minimum absolute atomic E-state index is 0.424. The minimum atomic E-state index is -5.03. The van der Waals surface area contributed by atoms with E-state index in [9.17, 15) is 18.0 Å². The van der Waals surface area contributed by atoms with Gasteiger partial charge in [0.05, 0.1) is 11.0 Å². The Balaban J connectivity index is 2.25. The van der Waals surface area contributed by atoms with Gasteiger partial charge in [0.15, 0.2) is 0 Å². The molecule has 0 spiro atoms. The lowest BCUT2D eigenvalue weighted by molar-refractivity contribution is -0.190. The Hall–Kier alpha value is -2.05. The van der Waals surface area contributed by atoms with Gasteiger partial charge in [0, 0.05) is 0 Å². The summed E-state index contributed by atoms with van der Waals surface area (Å²) in [5, 5.41) is 0. The summed E-state index contributed by atoms with van der Waals surface area (Å²) in [6.45, 7) is 0. The Labute approximate surface area is 87.0 Å².